The number of carbonyl (C=O) groups excluding carboxylic acids is 1. The quantitative estimate of drug-likeness (QED) is 0.684. The van der Waals surface area contributed by atoms with E-state index in [2.05, 4.69) is 20.3 Å². The van der Waals surface area contributed by atoms with Crippen LogP contribution >= 0.6 is 11.6 Å². The van der Waals surface area contributed by atoms with Gasteiger partial charge in [0.15, 0.2) is 0 Å². The van der Waals surface area contributed by atoms with Gasteiger partial charge in [-0.05, 0) is 50.2 Å². The van der Waals surface area contributed by atoms with Crippen LogP contribution in [0.4, 0.5) is 11.6 Å². The molecule has 3 aromatic rings. The van der Waals surface area contributed by atoms with Crippen molar-refractivity contribution in [3.8, 4) is 11.3 Å². The van der Waals surface area contributed by atoms with Crippen LogP contribution in [0.25, 0.3) is 11.3 Å². The lowest BCUT2D eigenvalue weighted by Gasteiger charge is -2.18. The molecule has 0 bridgehead atoms. The Balaban J connectivity index is 1.87. The van der Waals surface area contributed by atoms with Crippen LogP contribution in [0.15, 0.2) is 54.9 Å². The zero-order valence-corrected chi connectivity index (χ0v) is 15.9. The molecule has 7 heteroatoms. The maximum absolute atomic E-state index is 12.5. The second-order valence-electron chi connectivity index (χ2n) is 5.81. The molecule has 0 radical (unpaired) electrons. The fourth-order valence-corrected chi connectivity index (χ4v) is 2.84. The van der Waals surface area contributed by atoms with E-state index < -0.39 is 0 Å². The van der Waals surface area contributed by atoms with Gasteiger partial charge in [-0.3, -0.25) is 9.78 Å². The molecule has 3 rings (SSSR count). The molecule has 0 saturated carbocycles. The minimum atomic E-state index is -0.0896. The molecule has 0 aliphatic carbocycles. The monoisotopic (exact) mass is 381 g/mol. The van der Waals surface area contributed by atoms with Crippen molar-refractivity contribution in [1.82, 2.24) is 19.9 Å². The lowest BCUT2D eigenvalue weighted by atomic mass is 10.1. The Hall–Kier alpha value is -2.99. The molecule has 138 valence electrons. The van der Waals surface area contributed by atoms with Gasteiger partial charge in [-0.25, -0.2) is 9.97 Å². The van der Waals surface area contributed by atoms with Gasteiger partial charge in [0, 0.05) is 41.8 Å². The molecule has 1 amide bonds. The molecular formula is C20H20ClN5O. The van der Waals surface area contributed by atoms with Gasteiger partial charge in [-0.2, -0.15) is 0 Å². The normalized spacial score (nSPS) is 10.5. The summed E-state index contributed by atoms with van der Waals surface area (Å²) in [5.74, 6) is 0.358. The molecule has 0 aliphatic heterocycles. The van der Waals surface area contributed by atoms with Crippen molar-refractivity contribution in [2.45, 2.75) is 13.8 Å². The zero-order valence-electron chi connectivity index (χ0n) is 15.2. The van der Waals surface area contributed by atoms with E-state index in [1.54, 1.807) is 41.6 Å². The third-order valence-electron chi connectivity index (χ3n) is 4.06. The van der Waals surface area contributed by atoms with Crippen LogP contribution in [0.3, 0.4) is 0 Å². The Kier molecular flexibility index (Phi) is 5.98. The molecule has 0 atom stereocenters. The highest BCUT2D eigenvalue weighted by molar-refractivity contribution is 6.30. The molecule has 27 heavy (non-hydrogen) atoms. The summed E-state index contributed by atoms with van der Waals surface area (Å²) in [6, 6.07) is 12.7. The Labute approximate surface area is 163 Å². The lowest BCUT2D eigenvalue weighted by Crippen LogP contribution is -2.31. The number of anilines is 2. The average molecular weight is 382 g/mol. The number of halogens is 1. The van der Waals surface area contributed by atoms with E-state index in [4.69, 9.17) is 11.6 Å². The highest BCUT2D eigenvalue weighted by Gasteiger charge is 2.15. The second kappa shape index (κ2) is 8.60. The summed E-state index contributed by atoms with van der Waals surface area (Å²) < 4.78 is 0. The van der Waals surface area contributed by atoms with E-state index in [0.717, 1.165) is 11.3 Å². The zero-order chi connectivity index (χ0) is 19.2. The number of nitrogens with one attached hydrogen (secondary N) is 1. The summed E-state index contributed by atoms with van der Waals surface area (Å²) in [7, 11) is 0. The summed E-state index contributed by atoms with van der Waals surface area (Å²) >= 11 is 6.01. The van der Waals surface area contributed by atoms with Crippen molar-refractivity contribution in [3.05, 3.63) is 65.6 Å². The Morgan fingerprint density at radius 1 is 1.07 bits per heavy atom. The van der Waals surface area contributed by atoms with Gasteiger partial charge in [0.2, 0.25) is 5.95 Å². The molecule has 0 unspecified atom stereocenters. The van der Waals surface area contributed by atoms with E-state index in [9.17, 15) is 4.79 Å². The van der Waals surface area contributed by atoms with Gasteiger partial charge < -0.3 is 10.2 Å². The van der Waals surface area contributed by atoms with Gasteiger partial charge in [0.1, 0.15) is 5.69 Å². The van der Waals surface area contributed by atoms with E-state index in [1.807, 2.05) is 32.0 Å². The molecule has 1 N–H and O–H groups in total. The predicted molar refractivity (Wildman–Crippen MR) is 107 cm³/mol. The van der Waals surface area contributed by atoms with Crippen LogP contribution in [-0.2, 0) is 0 Å². The number of hydrogen-bond donors (Lipinski definition) is 1. The van der Waals surface area contributed by atoms with Crippen LogP contribution in [0.5, 0.6) is 0 Å². The van der Waals surface area contributed by atoms with Crippen molar-refractivity contribution < 1.29 is 4.79 Å². The SMILES string of the molecule is CCN(CC)C(=O)c1cc(-c2ccnc(Nc3cccc(Cl)c3)n2)ccn1. The van der Waals surface area contributed by atoms with Gasteiger partial charge in [-0.15, -0.1) is 0 Å². The van der Waals surface area contributed by atoms with Crippen molar-refractivity contribution >= 4 is 29.1 Å². The average Bonchev–Trinajstić information content (AvgIpc) is 2.69. The molecular weight excluding hydrogens is 362 g/mol. The molecule has 2 aromatic heterocycles. The first-order chi connectivity index (χ1) is 13.1. The first-order valence-electron chi connectivity index (χ1n) is 8.72. The molecule has 1 aromatic carbocycles. The molecule has 0 fully saturated rings. The highest BCUT2D eigenvalue weighted by atomic mass is 35.5. The summed E-state index contributed by atoms with van der Waals surface area (Å²) in [5.41, 5.74) is 2.70. The van der Waals surface area contributed by atoms with Crippen molar-refractivity contribution in [1.29, 1.82) is 0 Å². The number of benzene rings is 1. The van der Waals surface area contributed by atoms with Crippen LogP contribution in [0.2, 0.25) is 5.02 Å². The molecule has 0 aliphatic rings. The third kappa shape index (κ3) is 4.60. The maximum atomic E-state index is 12.5. The van der Waals surface area contributed by atoms with Gasteiger partial charge >= 0.3 is 0 Å². The van der Waals surface area contributed by atoms with Crippen LogP contribution < -0.4 is 5.32 Å². The number of amides is 1. The molecule has 0 saturated heterocycles. The number of rotatable bonds is 6. The summed E-state index contributed by atoms with van der Waals surface area (Å²) in [4.78, 5) is 27.3. The van der Waals surface area contributed by atoms with Crippen LogP contribution in [0, 0.1) is 0 Å². The Morgan fingerprint density at radius 3 is 2.59 bits per heavy atom. The topological polar surface area (TPSA) is 71.0 Å². The van der Waals surface area contributed by atoms with Gasteiger partial charge in [0.25, 0.3) is 5.91 Å². The fourth-order valence-electron chi connectivity index (χ4n) is 2.65. The van der Waals surface area contributed by atoms with Crippen molar-refractivity contribution in [2.24, 2.45) is 0 Å². The predicted octanol–water partition coefficient (Wildman–Crippen LogP) is 4.42. The van der Waals surface area contributed by atoms with Crippen LogP contribution in [-0.4, -0.2) is 38.8 Å². The number of nitrogens with zero attached hydrogens (tertiary/aromatic N) is 4. The number of pyridine rings is 1. The van der Waals surface area contributed by atoms with E-state index >= 15 is 0 Å². The van der Waals surface area contributed by atoms with Crippen molar-refractivity contribution in [3.63, 3.8) is 0 Å². The van der Waals surface area contributed by atoms with E-state index in [-0.39, 0.29) is 5.91 Å². The van der Waals surface area contributed by atoms with E-state index in [0.29, 0.717) is 35.4 Å². The first-order valence-corrected chi connectivity index (χ1v) is 9.09. The van der Waals surface area contributed by atoms with E-state index in [1.165, 1.54) is 0 Å². The Morgan fingerprint density at radius 2 is 1.85 bits per heavy atom. The highest BCUT2D eigenvalue weighted by Crippen LogP contribution is 2.21. The smallest absolute Gasteiger partial charge is 0.272 e. The molecule has 6 nitrogen and oxygen atoms in total. The standard InChI is InChI=1S/C20H20ClN5O/c1-3-26(4-2)19(27)18-12-14(8-10-22-18)17-9-11-23-20(25-17)24-16-7-5-6-15(21)13-16/h5-13H,3-4H2,1-2H3,(H,23,24,25). The lowest BCUT2D eigenvalue weighted by molar-refractivity contribution is 0.0767. The number of aromatic nitrogens is 3. The first kappa shape index (κ1) is 18.8. The van der Waals surface area contributed by atoms with Crippen LogP contribution in [0.1, 0.15) is 24.3 Å². The minimum Gasteiger partial charge on any atom is -0.338 e. The summed E-state index contributed by atoms with van der Waals surface area (Å²) in [6.45, 7) is 5.18. The number of carbonyl (C=O) groups is 1. The Bertz CT molecular complexity index is 943. The van der Waals surface area contributed by atoms with Gasteiger partial charge in [-0.1, -0.05) is 17.7 Å². The second-order valence-corrected chi connectivity index (χ2v) is 6.24. The largest absolute Gasteiger partial charge is 0.338 e. The minimum absolute atomic E-state index is 0.0896. The fraction of sp³-hybridized carbons (Fsp3) is 0.200. The molecule has 0 spiro atoms. The summed E-state index contributed by atoms with van der Waals surface area (Å²) in [6.07, 6.45) is 3.29. The third-order valence-corrected chi connectivity index (χ3v) is 4.30. The van der Waals surface area contributed by atoms with Gasteiger partial charge in [0.05, 0.1) is 5.69 Å². The van der Waals surface area contributed by atoms with Crippen molar-refractivity contribution in [2.75, 3.05) is 18.4 Å². The summed E-state index contributed by atoms with van der Waals surface area (Å²) in [5, 5.41) is 3.76. The molecule has 2 heterocycles. The maximum Gasteiger partial charge on any atom is 0.272 e. The number of hydrogen-bond acceptors (Lipinski definition) is 5.